The third-order valence-electron chi connectivity index (χ3n) is 4.63. The Hall–Kier alpha value is -2.53. The number of Topliss-reactive ketones (excluding diaryl/α,β-unsaturated/α-hetero) is 1. The summed E-state index contributed by atoms with van der Waals surface area (Å²) >= 11 is 6.11. The van der Waals surface area contributed by atoms with Crippen molar-refractivity contribution in [3.63, 3.8) is 0 Å². The van der Waals surface area contributed by atoms with Gasteiger partial charge in [0.1, 0.15) is 0 Å². The molecule has 0 unspecified atom stereocenters. The number of ketones is 1. The number of carbonyl (C=O) groups is 2. The zero-order valence-corrected chi connectivity index (χ0v) is 15.7. The topological polar surface area (TPSA) is 52.7 Å². The van der Waals surface area contributed by atoms with Crippen LogP contribution in [0.25, 0.3) is 0 Å². The normalized spacial score (nSPS) is 14.3. The monoisotopic (exact) mass is 371 g/mol. The largest absolute Gasteiger partial charge is 0.368 e. The number of amides is 2. The molecule has 3 rings (SSSR count). The van der Waals surface area contributed by atoms with Crippen LogP contribution in [0.2, 0.25) is 5.02 Å². The lowest BCUT2D eigenvalue weighted by molar-refractivity contribution is 0.101. The number of benzene rings is 2. The first kappa shape index (κ1) is 18.3. The van der Waals surface area contributed by atoms with E-state index in [1.165, 1.54) is 0 Å². The fourth-order valence-electron chi connectivity index (χ4n) is 2.95. The molecule has 1 aliphatic heterocycles. The van der Waals surface area contributed by atoms with Gasteiger partial charge in [-0.15, -0.1) is 0 Å². The maximum atomic E-state index is 12.4. The summed E-state index contributed by atoms with van der Waals surface area (Å²) in [6.45, 7) is 6.27. The molecule has 1 saturated heterocycles. The molecule has 0 atom stereocenters. The average Bonchev–Trinajstić information content (AvgIpc) is 2.65. The number of aryl methyl sites for hydroxylation is 1. The Morgan fingerprint density at radius 2 is 1.65 bits per heavy atom. The van der Waals surface area contributed by atoms with Crippen molar-refractivity contribution < 1.29 is 9.59 Å². The molecule has 2 amide bonds. The van der Waals surface area contributed by atoms with E-state index in [4.69, 9.17) is 11.6 Å². The standard InChI is InChI=1S/C20H22ClN3O2/c1-14-3-6-17(13-19(14)21)22-20(26)24-11-9-23(10-12-24)18-7-4-16(5-8-18)15(2)25/h3-8,13H,9-12H2,1-2H3,(H,22,26). The van der Waals surface area contributed by atoms with Crippen LogP contribution in [0, 0.1) is 6.92 Å². The molecule has 0 saturated carbocycles. The van der Waals surface area contributed by atoms with E-state index in [2.05, 4.69) is 10.2 Å². The molecule has 136 valence electrons. The summed E-state index contributed by atoms with van der Waals surface area (Å²) in [6.07, 6.45) is 0. The van der Waals surface area contributed by atoms with Gasteiger partial charge in [0.25, 0.3) is 0 Å². The van der Waals surface area contributed by atoms with E-state index in [0.717, 1.165) is 24.3 Å². The van der Waals surface area contributed by atoms with Crippen molar-refractivity contribution in [1.29, 1.82) is 0 Å². The average molecular weight is 372 g/mol. The molecule has 0 aliphatic carbocycles. The van der Waals surface area contributed by atoms with Gasteiger partial charge >= 0.3 is 6.03 Å². The first-order valence-electron chi connectivity index (χ1n) is 8.62. The maximum Gasteiger partial charge on any atom is 0.321 e. The number of anilines is 2. The van der Waals surface area contributed by atoms with Gasteiger partial charge in [0.2, 0.25) is 0 Å². The van der Waals surface area contributed by atoms with E-state index in [9.17, 15) is 9.59 Å². The number of hydrogen-bond donors (Lipinski definition) is 1. The molecule has 1 fully saturated rings. The minimum atomic E-state index is -0.114. The third kappa shape index (κ3) is 4.17. The molecule has 0 bridgehead atoms. The second-order valence-corrected chi connectivity index (χ2v) is 6.88. The smallest absolute Gasteiger partial charge is 0.321 e. The predicted molar refractivity (Wildman–Crippen MR) is 105 cm³/mol. The van der Waals surface area contributed by atoms with E-state index in [0.29, 0.717) is 29.4 Å². The summed E-state index contributed by atoms with van der Waals surface area (Å²) in [5.41, 5.74) is 3.46. The van der Waals surface area contributed by atoms with Crippen molar-refractivity contribution in [3.8, 4) is 0 Å². The molecule has 1 N–H and O–H groups in total. The lowest BCUT2D eigenvalue weighted by Crippen LogP contribution is -2.50. The third-order valence-corrected chi connectivity index (χ3v) is 5.04. The Balaban J connectivity index is 1.56. The summed E-state index contributed by atoms with van der Waals surface area (Å²) < 4.78 is 0. The Bertz CT molecular complexity index is 812. The molecule has 0 aromatic heterocycles. The second kappa shape index (κ2) is 7.79. The fraction of sp³-hybridized carbons (Fsp3) is 0.300. The van der Waals surface area contributed by atoms with E-state index in [-0.39, 0.29) is 11.8 Å². The van der Waals surface area contributed by atoms with Gasteiger partial charge in [-0.3, -0.25) is 4.79 Å². The molecular weight excluding hydrogens is 350 g/mol. The summed E-state index contributed by atoms with van der Waals surface area (Å²) in [6, 6.07) is 13.0. The zero-order valence-electron chi connectivity index (χ0n) is 15.0. The van der Waals surface area contributed by atoms with Crippen LogP contribution in [0.5, 0.6) is 0 Å². The number of piperazine rings is 1. The number of nitrogens with zero attached hydrogens (tertiary/aromatic N) is 2. The Kier molecular flexibility index (Phi) is 5.47. The van der Waals surface area contributed by atoms with E-state index < -0.39 is 0 Å². The van der Waals surface area contributed by atoms with Gasteiger partial charge in [-0.05, 0) is 55.8 Å². The van der Waals surface area contributed by atoms with Crippen LogP contribution in [0.3, 0.4) is 0 Å². The molecule has 0 radical (unpaired) electrons. The lowest BCUT2D eigenvalue weighted by Gasteiger charge is -2.36. The van der Waals surface area contributed by atoms with Crippen LogP contribution in [-0.2, 0) is 0 Å². The first-order valence-corrected chi connectivity index (χ1v) is 9.00. The highest BCUT2D eigenvalue weighted by molar-refractivity contribution is 6.31. The van der Waals surface area contributed by atoms with Gasteiger partial charge in [-0.25, -0.2) is 4.79 Å². The molecule has 26 heavy (non-hydrogen) atoms. The van der Waals surface area contributed by atoms with Crippen molar-refractivity contribution >= 4 is 34.8 Å². The van der Waals surface area contributed by atoms with Crippen LogP contribution in [0.15, 0.2) is 42.5 Å². The summed E-state index contributed by atoms with van der Waals surface area (Å²) in [4.78, 5) is 27.8. The maximum absolute atomic E-state index is 12.4. The second-order valence-electron chi connectivity index (χ2n) is 6.47. The van der Waals surface area contributed by atoms with Gasteiger partial charge in [-0.2, -0.15) is 0 Å². The number of urea groups is 1. The van der Waals surface area contributed by atoms with Crippen molar-refractivity contribution in [2.45, 2.75) is 13.8 Å². The van der Waals surface area contributed by atoms with Crippen LogP contribution in [0.4, 0.5) is 16.2 Å². The number of carbonyl (C=O) groups excluding carboxylic acids is 2. The number of hydrogen-bond acceptors (Lipinski definition) is 3. The van der Waals surface area contributed by atoms with Crippen LogP contribution < -0.4 is 10.2 Å². The predicted octanol–water partition coefficient (Wildman–Crippen LogP) is 4.21. The molecule has 1 heterocycles. The van der Waals surface area contributed by atoms with Crippen LogP contribution in [-0.4, -0.2) is 42.9 Å². The minimum Gasteiger partial charge on any atom is -0.368 e. The molecule has 5 nitrogen and oxygen atoms in total. The van der Waals surface area contributed by atoms with Gasteiger partial charge in [0.15, 0.2) is 5.78 Å². The van der Waals surface area contributed by atoms with Crippen molar-refractivity contribution in [3.05, 3.63) is 58.6 Å². The van der Waals surface area contributed by atoms with E-state index >= 15 is 0 Å². The van der Waals surface area contributed by atoms with Crippen molar-refractivity contribution in [2.75, 3.05) is 36.4 Å². The van der Waals surface area contributed by atoms with E-state index in [1.54, 1.807) is 17.9 Å². The van der Waals surface area contributed by atoms with Crippen LogP contribution >= 0.6 is 11.6 Å². The zero-order chi connectivity index (χ0) is 18.7. The molecule has 2 aromatic rings. The Labute approximate surface area is 158 Å². The fourth-order valence-corrected chi connectivity index (χ4v) is 3.13. The number of halogens is 1. The molecular formula is C20H22ClN3O2. The Morgan fingerprint density at radius 3 is 2.23 bits per heavy atom. The summed E-state index contributed by atoms with van der Waals surface area (Å²) in [7, 11) is 0. The summed E-state index contributed by atoms with van der Waals surface area (Å²) in [5, 5.41) is 3.54. The molecule has 6 heteroatoms. The lowest BCUT2D eigenvalue weighted by atomic mass is 10.1. The van der Waals surface area contributed by atoms with Crippen molar-refractivity contribution in [2.24, 2.45) is 0 Å². The summed E-state index contributed by atoms with van der Waals surface area (Å²) in [5.74, 6) is 0.0641. The highest BCUT2D eigenvalue weighted by Crippen LogP contribution is 2.21. The van der Waals surface area contributed by atoms with Gasteiger partial charge in [0.05, 0.1) is 0 Å². The highest BCUT2D eigenvalue weighted by Gasteiger charge is 2.21. The SMILES string of the molecule is CC(=O)c1ccc(N2CCN(C(=O)Nc3ccc(C)c(Cl)c3)CC2)cc1. The first-order chi connectivity index (χ1) is 12.4. The van der Waals surface area contributed by atoms with Gasteiger partial charge in [-0.1, -0.05) is 17.7 Å². The molecule has 2 aromatic carbocycles. The van der Waals surface area contributed by atoms with Crippen LogP contribution in [0.1, 0.15) is 22.8 Å². The highest BCUT2D eigenvalue weighted by atomic mass is 35.5. The Morgan fingerprint density at radius 1 is 1.00 bits per heavy atom. The van der Waals surface area contributed by atoms with Gasteiger partial charge in [0, 0.05) is 48.1 Å². The van der Waals surface area contributed by atoms with Gasteiger partial charge < -0.3 is 15.1 Å². The quantitative estimate of drug-likeness (QED) is 0.822. The number of rotatable bonds is 3. The molecule has 0 spiro atoms. The van der Waals surface area contributed by atoms with Crippen molar-refractivity contribution in [1.82, 2.24) is 4.90 Å². The number of nitrogens with one attached hydrogen (secondary N) is 1. The van der Waals surface area contributed by atoms with E-state index in [1.807, 2.05) is 43.3 Å². The molecule has 1 aliphatic rings. The minimum absolute atomic E-state index is 0.0641.